The highest BCUT2D eigenvalue weighted by Gasteiger charge is 2.06. The Morgan fingerprint density at radius 3 is 2.56 bits per heavy atom. The first-order valence-electron chi connectivity index (χ1n) is 7.21. The topological polar surface area (TPSA) is 112 Å². The van der Waals surface area contributed by atoms with Crippen LogP contribution in [0, 0.1) is 0 Å². The molecule has 0 aliphatic rings. The Morgan fingerprint density at radius 1 is 1.20 bits per heavy atom. The lowest BCUT2D eigenvalue weighted by atomic mass is 10.1. The number of carbonyl (C=O) groups excluding carboxylic acids is 1. The van der Waals surface area contributed by atoms with Crippen molar-refractivity contribution < 1.29 is 14.3 Å². The number of guanidine groups is 1. The van der Waals surface area contributed by atoms with Gasteiger partial charge in [0, 0.05) is 10.0 Å². The summed E-state index contributed by atoms with van der Waals surface area (Å²) in [5.74, 6) is 0.118. The summed E-state index contributed by atoms with van der Waals surface area (Å²) in [6, 6.07) is 12.5. The molecular weight excluding hydrogens is 388 g/mol. The van der Waals surface area contributed by atoms with Crippen molar-refractivity contribution in [3.05, 3.63) is 63.6 Å². The molecule has 0 heterocycles. The lowest BCUT2D eigenvalue weighted by molar-refractivity contribution is 0.0600. The van der Waals surface area contributed by atoms with Crippen LogP contribution in [0.2, 0.25) is 0 Å². The van der Waals surface area contributed by atoms with Gasteiger partial charge in [0.1, 0.15) is 12.4 Å². The van der Waals surface area contributed by atoms with Gasteiger partial charge in [-0.15, -0.1) is 5.10 Å². The molecule has 0 spiro atoms. The van der Waals surface area contributed by atoms with Gasteiger partial charge in [0.15, 0.2) is 0 Å². The van der Waals surface area contributed by atoms with Gasteiger partial charge in [0.25, 0.3) is 0 Å². The fraction of sp³-hybridized carbons (Fsp3) is 0.118. The molecule has 25 heavy (non-hydrogen) atoms. The first-order valence-corrected chi connectivity index (χ1v) is 8.00. The summed E-state index contributed by atoms with van der Waals surface area (Å²) >= 11 is 3.40. The fourth-order valence-corrected chi connectivity index (χ4v) is 2.30. The quantitative estimate of drug-likeness (QED) is 0.332. The van der Waals surface area contributed by atoms with E-state index in [0.29, 0.717) is 23.5 Å². The normalized spacial score (nSPS) is 10.5. The number of halogens is 1. The smallest absolute Gasteiger partial charge is 0.337 e. The minimum absolute atomic E-state index is 0.126. The molecule has 2 aromatic rings. The van der Waals surface area contributed by atoms with Crippen LogP contribution in [0.15, 0.2) is 57.1 Å². The second-order valence-corrected chi connectivity index (χ2v) is 5.84. The predicted octanol–water partition coefficient (Wildman–Crippen LogP) is 2.42. The molecule has 0 saturated heterocycles. The van der Waals surface area contributed by atoms with Gasteiger partial charge in [-0.1, -0.05) is 28.1 Å². The van der Waals surface area contributed by atoms with Gasteiger partial charge in [0.2, 0.25) is 5.96 Å². The lowest BCUT2D eigenvalue weighted by Crippen LogP contribution is -2.21. The monoisotopic (exact) mass is 404 g/mol. The van der Waals surface area contributed by atoms with Crippen LogP contribution in [-0.4, -0.2) is 25.3 Å². The number of carbonyl (C=O) groups is 1. The van der Waals surface area contributed by atoms with Crippen LogP contribution in [0.5, 0.6) is 5.75 Å². The van der Waals surface area contributed by atoms with Gasteiger partial charge in [-0.25, -0.2) is 4.79 Å². The Kier molecular flexibility index (Phi) is 6.53. The number of ether oxygens (including phenoxy) is 2. The summed E-state index contributed by atoms with van der Waals surface area (Å²) in [6.45, 7) is 0.326. The number of esters is 1. The van der Waals surface area contributed by atoms with Crippen molar-refractivity contribution in [2.24, 2.45) is 21.7 Å². The van der Waals surface area contributed by atoms with E-state index in [2.05, 4.69) is 30.9 Å². The van der Waals surface area contributed by atoms with Crippen molar-refractivity contribution in [1.29, 1.82) is 0 Å². The third-order valence-corrected chi connectivity index (χ3v) is 3.60. The molecule has 0 amide bonds. The highest BCUT2D eigenvalue weighted by molar-refractivity contribution is 9.10. The largest absolute Gasteiger partial charge is 0.488 e. The van der Waals surface area contributed by atoms with Crippen LogP contribution in [0.1, 0.15) is 21.5 Å². The molecule has 7 nitrogen and oxygen atoms in total. The van der Waals surface area contributed by atoms with Gasteiger partial charge in [-0.3, -0.25) is 0 Å². The molecule has 0 fully saturated rings. The third-order valence-electron chi connectivity index (χ3n) is 3.11. The van der Waals surface area contributed by atoms with Crippen molar-refractivity contribution in [3.8, 4) is 5.75 Å². The van der Waals surface area contributed by atoms with E-state index in [4.69, 9.17) is 16.2 Å². The zero-order valence-electron chi connectivity index (χ0n) is 13.5. The molecule has 0 aromatic heterocycles. The summed E-state index contributed by atoms with van der Waals surface area (Å²) in [7, 11) is 1.35. The molecule has 130 valence electrons. The number of methoxy groups -OCH3 is 1. The van der Waals surface area contributed by atoms with Crippen molar-refractivity contribution in [1.82, 2.24) is 0 Å². The minimum atomic E-state index is -0.376. The maximum absolute atomic E-state index is 11.4. The highest BCUT2D eigenvalue weighted by Crippen LogP contribution is 2.23. The first kappa shape index (κ1) is 18.5. The van der Waals surface area contributed by atoms with Crippen LogP contribution >= 0.6 is 15.9 Å². The number of nitrogens with zero attached hydrogens (tertiary/aromatic N) is 2. The molecule has 4 N–H and O–H groups in total. The summed E-state index contributed by atoms with van der Waals surface area (Å²) in [5, 5.41) is 7.37. The molecule has 2 rings (SSSR count). The second kappa shape index (κ2) is 8.84. The van der Waals surface area contributed by atoms with Crippen molar-refractivity contribution in [3.63, 3.8) is 0 Å². The van der Waals surface area contributed by atoms with E-state index < -0.39 is 0 Å². The van der Waals surface area contributed by atoms with Gasteiger partial charge in [0.05, 0.1) is 18.9 Å². The predicted molar refractivity (Wildman–Crippen MR) is 99.7 cm³/mol. The number of nitrogens with two attached hydrogens (primary N) is 2. The Bertz CT molecular complexity index is 800. The van der Waals surface area contributed by atoms with E-state index in [9.17, 15) is 4.79 Å². The zero-order chi connectivity index (χ0) is 18.2. The molecule has 0 radical (unpaired) electrons. The summed E-state index contributed by atoms with van der Waals surface area (Å²) in [4.78, 5) is 11.4. The van der Waals surface area contributed by atoms with E-state index >= 15 is 0 Å². The Hall–Kier alpha value is -2.87. The minimum Gasteiger partial charge on any atom is -0.488 e. The van der Waals surface area contributed by atoms with Gasteiger partial charge < -0.3 is 20.9 Å². The average Bonchev–Trinajstić information content (AvgIpc) is 2.60. The van der Waals surface area contributed by atoms with E-state index in [0.717, 1.165) is 10.0 Å². The molecule has 0 aliphatic carbocycles. The van der Waals surface area contributed by atoms with E-state index in [1.54, 1.807) is 24.3 Å². The molecule has 2 aromatic carbocycles. The molecule has 0 unspecified atom stereocenters. The molecule has 8 heteroatoms. The van der Waals surface area contributed by atoms with Crippen LogP contribution < -0.4 is 16.2 Å². The Balaban J connectivity index is 2.11. The van der Waals surface area contributed by atoms with Gasteiger partial charge in [-0.05, 0) is 35.9 Å². The van der Waals surface area contributed by atoms with Crippen LogP contribution in [0.4, 0.5) is 0 Å². The molecule has 0 bridgehead atoms. The molecule has 0 saturated carbocycles. The van der Waals surface area contributed by atoms with E-state index in [-0.39, 0.29) is 11.9 Å². The van der Waals surface area contributed by atoms with Crippen molar-refractivity contribution >= 4 is 34.1 Å². The van der Waals surface area contributed by atoms with Gasteiger partial charge in [-0.2, -0.15) is 5.10 Å². The number of hydrogen-bond acceptors (Lipinski definition) is 5. The van der Waals surface area contributed by atoms with Crippen LogP contribution in [-0.2, 0) is 11.3 Å². The summed E-state index contributed by atoms with van der Waals surface area (Å²) < 4.78 is 11.4. The maximum Gasteiger partial charge on any atom is 0.337 e. The standard InChI is InChI=1S/C17H17BrN4O3/c1-24-16(23)12-4-2-11(3-5-12)10-25-15-7-6-14(18)8-13(15)9-21-22-17(19)20/h2-9H,10H2,1H3,(H4,19,20,22)/b21-9+. The van der Waals surface area contributed by atoms with E-state index in [1.807, 2.05) is 18.2 Å². The maximum atomic E-state index is 11.4. The fourth-order valence-electron chi connectivity index (χ4n) is 1.93. The SMILES string of the molecule is COC(=O)c1ccc(COc2ccc(Br)cc2/C=N/N=C(N)N)cc1. The molecule has 0 atom stereocenters. The highest BCUT2D eigenvalue weighted by atomic mass is 79.9. The van der Waals surface area contributed by atoms with Crippen molar-refractivity contribution in [2.75, 3.05) is 7.11 Å². The third kappa shape index (κ3) is 5.61. The number of rotatable bonds is 6. The number of hydrogen-bond donors (Lipinski definition) is 2. The lowest BCUT2D eigenvalue weighted by Gasteiger charge is -2.10. The first-order chi connectivity index (χ1) is 12.0. The Morgan fingerprint density at radius 2 is 1.92 bits per heavy atom. The zero-order valence-corrected chi connectivity index (χ0v) is 15.1. The molecular formula is C17H17BrN4O3. The van der Waals surface area contributed by atoms with Crippen LogP contribution in [0.25, 0.3) is 0 Å². The second-order valence-electron chi connectivity index (χ2n) is 4.93. The Labute approximate surface area is 153 Å². The van der Waals surface area contributed by atoms with Crippen LogP contribution in [0.3, 0.4) is 0 Å². The van der Waals surface area contributed by atoms with Crippen molar-refractivity contribution in [2.45, 2.75) is 6.61 Å². The average molecular weight is 405 g/mol. The molecule has 0 aliphatic heterocycles. The number of benzene rings is 2. The van der Waals surface area contributed by atoms with E-state index in [1.165, 1.54) is 13.3 Å². The summed E-state index contributed by atoms with van der Waals surface area (Å²) in [6.07, 6.45) is 1.50. The van der Waals surface area contributed by atoms with Gasteiger partial charge >= 0.3 is 5.97 Å². The summed E-state index contributed by atoms with van der Waals surface area (Å²) in [5.41, 5.74) is 12.6.